The van der Waals surface area contributed by atoms with E-state index >= 15 is 0 Å². The molecule has 0 saturated heterocycles. The van der Waals surface area contributed by atoms with Gasteiger partial charge in [0.2, 0.25) is 0 Å². The molecule has 22 heavy (non-hydrogen) atoms. The van der Waals surface area contributed by atoms with Crippen LogP contribution in [0.2, 0.25) is 0 Å². The summed E-state index contributed by atoms with van der Waals surface area (Å²) in [7, 11) is 1.60. The minimum Gasteiger partial charge on any atom is -0.495 e. The molecule has 114 valence electrons. The van der Waals surface area contributed by atoms with Crippen molar-refractivity contribution in [3.8, 4) is 22.6 Å². The van der Waals surface area contributed by atoms with E-state index in [1.165, 1.54) is 0 Å². The van der Waals surface area contributed by atoms with Crippen molar-refractivity contribution in [3.05, 3.63) is 42.2 Å². The minimum atomic E-state index is -1.03. The predicted octanol–water partition coefficient (Wildman–Crippen LogP) is 2.85. The molecule has 6 heteroatoms. The van der Waals surface area contributed by atoms with Crippen LogP contribution >= 0.6 is 0 Å². The van der Waals surface area contributed by atoms with Crippen molar-refractivity contribution in [2.75, 3.05) is 13.7 Å². The number of nitrogens with one attached hydrogen (secondary N) is 1. The van der Waals surface area contributed by atoms with Crippen molar-refractivity contribution < 1.29 is 19.4 Å². The van der Waals surface area contributed by atoms with Gasteiger partial charge in [-0.3, -0.25) is 4.98 Å². The Kier molecular flexibility index (Phi) is 3.82. The molecule has 0 aliphatic carbocycles. The summed E-state index contributed by atoms with van der Waals surface area (Å²) in [6.45, 7) is 0.484. The maximum Gasteiger partial charge on any atom is 0.405 e. The number of carboxylic acid groups (broad SMARTS) is 1. The van der Waals surface area contributed by atoms with Crippen LogP contribution in [0.25, 0.3) is 11.1 Å². The van der Waals surface area contributed by atoms with E-state index in [0.717, 1.165) is 16.7 Å². The highest BCUT2D eigenvalue weighted by atomic mass is 16.5. The molecule has 1 aromatic carbocycles. The van der Waals surface area contributed by atoms with Crippen LogP contribution < -0.4 is 14.8 Å². The quantitative estimate of drug-likeness (QED) is 0.911. The fourth-order valence-corrected chi connectivity index (χ4v) is 2.56. The lowest BCUT2D eigenvalue weighted by Crippen LogP contribution is -2.30. The topological polar surface area (TPSA) is 80.7 Å². The van der Waals surface area contributed by atoms with Crippen molar-refractivity contribution in [3.63, 3.8) is 0 Å². The van der Waals surface area contributed by atoms with Gasteiger partial charge in [-0.1, -0.05) is 12.1 Å². The number of nitrogens with zero attached hydrogens (tertiary/aromatic N) is 1. The highest BCUT2D eigenvalue weighted by Crippen LogP contribution is 2.35. The molecule has 1 aliphatic heterocycles. The van der Waals surface area contributed by atoms with Crippen molar-refractivity contribution >= 4 is 6.09 Å². The Morgan fingerprint density at radius 3 is 3.00 bits per heavy atom. The van der Waals surface area contributed by atoms with Gasteiger partial charge in [0.25, 0.3) is 0 Å². The zero-order valence-electron chi connectivity index (χ0n) is 12.1. The maximum absolute atomic E-state index is 10.9. The molecule has 6 nitrogen and oxygen atoms in total. The second kappa shape index (κ2) is 5.93. The second-order valence-corrected chi connectivity index (χ2v) is 5.01. The monoisotopic (exact) mass is 300 g/mol. The normalized spacial score (nSPS) is 16.3. The van der Waals surface area contributed by atoms with Gasteiger partial charge in [0.15, 0.2) is 0 Å². The zero-order chi connectivity index (χ0) is 15.5. The summed E-state index contributed by atoms with van der Waals surface area (Å²) in [6, 6.07) is 7.38. The highest BCUT2D eigenvalue weighted by Gasteiger charge is 2.23. The first-order valence-corrected chi connectivity index (χ1v) is 6.93. The summed E-state index contributed by atoms with van der Waals surface area (Å²) in [4.78, 5) is 15.0. The second-order valence-electron chi connectivity index (χ2n) is 5.01. The number of fused-ring (bicyclic) bond motifs is 1. The van der Waals surface area contributed by atoms with Gasteiger partial charge in [0.1, 0.15) is 11.5 Å². The third kappa shape index (κ3) is 2.81. The average molecular weight is 300 g/mol. The van der Waals surface area contributed by atoms with Gasteiger partial charge in [0.05, 0.1) is 26.0 Å². The molecule has 2 N–H and O–H groups in total. The Bertz CT molecular complexity index is 702. The van der Waals surface area contributed by atoms with Crippen molar-refractivity contribution in [1.29, 1.82) is 0 Å². The van der Waals surface area contributed by atoms with E-state index < -0.39 is 6.09 Å². The Balaban J connectivity index is 1.94. The number of amides is 1. The van der Waals surface area contributed by atoms with Crippen molar-refractivity contribution in [2.45, 2.75) is 12.5 Å². The first-order chi connectivity index (χ1) is 10.7. The van der Waals surface area contributed by atoms with Gasteiger partial charge in [-0.2, -0.15) is 0 Å². The number of methoxy groups -OCH3 is 1. The molecule has 3 rings (SSSR count). The molecule has 1 aliphatic rings. The molecule has 1 amide bonds. The van der Waals surface area contributed by atoms with E-state index in [9.17, 15) is 4.79 Å². The van der Waals surface area contributed by atoms with Gasteiger partial charge >= 0.3 is 6.09 Å². The number of aromatic nitrogens is 1. The SMILES string of the molecule is COc1cncc(-c2ccc3c(c2)OCCC3NC(=O)O)c1. The number of hydrogen-bond acceptors (Lipinski definition) is 4. The van der Waals surface area contributed by atoms with Crippen LogP contribution in [0, 0.1) is 0 Å². The van der Waals surface area contributed by atoms with E-state index in [0.29, 0.717) is 24.5 Å². The first-order valence-electron chi connectivity index (χ1n) is 6.93. The summed E-state index contributed by atoms with van der Waals surface area (Å²) in [5.41, 5.74) is 2.72. The summed E-state index contributed by atoms with van der Waals surface area (Å²) in [5, 5.41) is 11.4. The lowest BCUT2D eigenvalue weighted by molar-refractivity contribution is 0.182. The molecular formula is C16H16N2O4. The number of rotatable bonds is 3. The van der Waals surface area contributed by atoms with Crippen LogP contribution in [0.4, 0.5) is 4.79 Å². The fourth-order valence-electron chi connectivity index (χ4n) is 2.56. The number of benzene rings is 1. The van der Waals surface area contributed by atoms with Crippen molar-refractivity contribution in [1.82, 2.24) is 10.3 Å². The van der Waals surface area contributed by atoms with Gasteiger partial charge < -0.3 is 19.9 Å². The van der Waals surface area contributed by atoms with Gasteiger partial charge in [-0.05, 0) is 17.7 Å². The van der Waals surface area contributed by atoms with Crippen LogP contribution in [0.1, 0.15) is 18.0 Å². The summed E-state index contributed by atoms with van der Waals surface area (Å²) < 4.78 is 10.9. The predicted molar refractivity (Wildman–Crippen MR) is 80.2 cm³/mol. The standard InChI is InChI=1S/C16H16N2O4/c1-21-12-6-11(8-17-9-12)10-2-3-13-14(18-16(19)20)4-5-22-15(13)7-10/h2-3,6-9,14,18H,4-5H2,1H3,(H,19,20). The first kappa shape index (κ1) is 14.2. The van der Waals surface area contributed by atoms with Gasteiger partial charge in [0, 0.05) is 23.7 Å². The summed E-state index contributed by atoms with van der Waals surface area (Å²) in [6.07, 6.45) is 2.99. The Morgan fingerprint density at radius 2 is 2.23 bits per heavy atom. The van der Waals surface area contributed by atoms with E-state index in [2.05, 4.69) is 10.3 Å². The Hall–Kier alpha value is -2.76. The molecule has 2 heterocycles. The summed E-state index contributed by atoms with van der Waals surface area (Å²) >= 11 is 0. The molecule has 2 aromatic rings. The number of ether oxygens (including phenoxy) is 2. The maximum atomic E-state index is 10.9. The number of hydrogen-bond donors (Lipinski definition) is 2. The van der Waals surface area contributed by atoms with E-state index in [1.807, 2.05) is 24.3 Å². The lowest BCUT2D eigenvalue weighted by atomic mass is 9.97. The van der Waals surface area contributed by atoms with Crippen LogP contribution in [0.3, 0.4) is 0 Å². The molecule has 0 saturated carbocycles. The largest absolute Gasteiger partial charge is 0.495 e. The Labute approximate surface area is 127 Å². The molecule has 0 spiro atoms. The number of carbonyl (C=O) groups is 1. The molecule has 0 fully saturated rings. The lowest BCUT2D eigenvalue weighted by Gasteiger charge is -2.26. The molecule has 1 aromatic heterocycles. The number of pyridine rings is 1. The molecular weight excluding hydrogens is 284 g/mol. The Morgan fingerprint density at radius 1 is 1.36 bits per heavy atom. The fraction of sp³-hybridized carbons (Fsp3) is 0.250. The van der Waals surface area contributed by atoms with E-state index in [4.69, 9.17) is 14.6 Å². The third-order valence-corrected chi connectivity index (χ3v) is 3.63. The van der Waals surface area contributed by atoms with Crippen LogP contribution in [-0.4, -0.2) is 29.9 Å². The smallest absolute Gasteiger partial charge is 0.405 e. The highest BCUT2D eigenvalue weighted by molar-refractivity contribution is 5.68. The molecule has 1 unspecified atom stereocenters. The molecule has 0 radical (unpaired) electrons. The molecule has 0 bridgehead atoms. The van der Waals surface area contributed by atoms with Gasteiger partial charge in [-0.25, -0.2) is 4.79 Å². The van der Waals surface area contributed by atoms with E-state index in [-0.39, 0.29) is 6.04 Å². The van der Waals surface area contributed by atoms with Crippen LogP contribution in [0.15, 0.2) is 36.7 Å². The van der Waals surface area contributed by atoms with Crippen molar-refractivity contribution in [2.24, 2.45) is 0 Å². The van der Waals surface area contributed by atoms with Crippen LogP contribution in [0.5, 0.6) is 11.5 Å². The molecule has 1 atom stereocenters. The average Bonchev–Trinajstić information content (AvgIpc) is 2.54. The van der Waals surface area contributed by atoms with E-state index in [1.54, 1.807) is 19.5 Å². The van der Waals surface area contributed by atoms with Gasteiger partial charge in [-0.15, -0.1) is 0 Å². The minimum absolute atomic E-state index is 0.237. The summed E-state index contributed by atoms with van der Waals surface area (Å²) in [5.74, 6) is 1.38. The zero-order valence-corrected chi connectivity index (χ0v) is 12.1. The van der Waals surface area contributed by atoms with Crippen LogP contribution in [-0.2, 0) is 0 Å². The third-order valence-electron chi connectivity index (χ3n) is 3.63.